The van der Waals surface area contributed by atoms with E-state index in [1.807, 2.05) is 13.0 Å². The van der Waals surface area contributed by atoms with Gasteiger partial charge in [-0.3, -0.25) is 9.59 Å². The SMILES string of the molecule is C=N/C(N)=C(Cl)\C=C(/C)c1cccc2c1CN(CC(=C)C(N)=O)C2=O. The molecule has 6 nitrogen and oxygen atoms in total. The first-order valence-corrected chi connectivity index (χ1v) is 7.83. The minimum absolute atomic E-state index is 0.0963. The summed E-state index contributed by atoms with van der Waals surface area (Å²) in [4.78, 5) is 28.9. The first-order chi connectivity index (χ1) is 11.8. The van der Waals surface area contributed by atoms with Crippen LogP contribution in [0.25, 0.3) is 5.57 Å². The Kier molecular flexibility index (Phi) is 5.44. The van der Waals surface area contributed by atoms with Gasteiger partial charge in [0.1, 0.15) is 5.82 Å². The molecule has 0 radical (unpaired) electrons. The highest BCUT2D eigenvalue weighted by Gasteiger charge is 2.30. The van der Waals surface area contributed by atoms with Crippen molar-refractivity contribution in [2.75, 3.05) is 6.54 Å². The maximum absolute atomic E-state index is 12.5. The summed E-state index contributed by atoms with van der Waals surface area (Å²) in [6, 6.07) is 5.44. The Hall–Kier alpha value is -2.86. The quantitative estimate of drug-likeness (QED) is 0.462. The van der Waals surface area contributed by atoms with E-state index in [9.17, 15) is 9.59 Å². The van der Waals surface area contributed by atoms with Gasteiger partial charge in [0.25, 0.3) is 5.91 Å². The Morgan fingerprint density at radius 2 is 2.12 bits per heavy atom. The van der Waals surface area contributed by atoms with E-state index in [0.717, 1.165) is 16.7 Å². The van der Waals surface area contributed by atoms with Crippen LogP contribution in [-0.2, 0) is 11.3 Å². The van der Waals surface area contributed by atoms with Crippen LogP contribution in [0.5, 0.6) is 0 Å². The van der Waals surface area contributed by atoms with Gasteiger partial charge < -0.3 is 16.4 Å². The lowest BCUT2D eigenvalue weighted by molar-refractivity contribution is -0.114. The number of primary amides is 1. The Balaban J connectivity index is 2.38. The summed E-state index contributed by atoms with van der Waals surface area (Å²) >= 11 is 6.09. The maximum atomic E-state index is 12.5. The van der Waals surface area contributed by atoms with Gasteiger partial charge in [0, 0.05) is 17.7 Å². The molecule has 0 atom stereocenters. The van der Waals surface area contributed by atoms with E-state index in [-0.39, 0.29) is 28.9 Å². The molecule has 1 aliphatic heterocycles. The van der Waals surface area contributed by atoms with Crippen LogP contribution in [-0.4, -0.2) is 30.0 Å². The molecule has 1 aromatic carbocycles. The molecule has 1 aromatic rings. The van der Waals surface area contributed by atoms with Gasteiger partial charge >= 0.3 is 0 Å². The zero-order valence-corrected chi connectivity index (χ0v) is 14.6. The number of amides is 2. The van der Waals surface area contributed by atoms with Crippen LogP contribution in [0.15, 0.2) is 52.3 Å². The number of hydrogen-bond donors (Lipinski definition) is 2. The van der Waals surface area contributed by atoms with Gasteiger partial charge in [-0.25, -0.2) is 4.99 Å². The van der Waals surface area contributed by atoms with Crippen molar-refractivity contribution >= 4 is 35.7 Å². The van der Waals surface area contributed by atoms with Crippen LogP contribution >= 0.6 is 11.6 Å². The van der Waals surface area contributed by atoms with Gasteiger partial charge in [0.05, 0.1) is 11.6 Å². The van der Waals surface area contributed by atoms with Crippen molar-refractivity contribution in [2.24, 2.45) is 16.5 Å². The maximum Gasteiger partial charge on any atom is 0.254 e. The zero-order valence-electron chi connectivity index (χ0n) is 13.9. The largest absolute Gasteiger partial charge is 0.382 e. The lowest BCUT2D eigenvalue weighted by Gasteiger charge is -2.15. The predicted molar refractivity (Wildman–Crippen MR) is 99.8 cm³/mol. The predicted octanol–water partition coefficient (Wildman–Crippen LogP) is 2.15. The van der Waals surface area contributed by atoms with Crippen molar-refractivity contribution in [3.8, 4) is 0 Å². The zero-order chi connectivity index (χ0) is 18.7. The van der Waals surface area contributed by atoms with Gasteiger partial charge in [-0.1, -0.05) is 30.3 Å². The summed E-state index contributed by atoms with van der Waals surface area (Å²) in [7, 11) is 0. The summed E-state index contributed by atoms with van der Waals surface area (Å²) in [5.41, 5.74) is 14.2. The Labute approximate surface area is 151 Å². The van der Waals surface area contributed by atoms with E-state index >= 15 is 0 Å². The fourth-order valence-electron chi connectivity index (χ4n) is 2.61. The Morgan fingerprint density at radius 3 is 2.72 bits per heavy atom. The Morgan fingerprint density at radius 1 is 1.44 bits per heavy atom. The lowest BCUT2D eigenvalue weighted by Crippen LogP contribution is -2.30. The molecule has 0 saturated heterocycles. The molecule has 25 heavy (non-hydrogen) atoms. The highest BCUT2D eigenvalue weighted by Crippen LogP contribution is 2.31. The number of nitrogens with two attached hydrogens (primary N) is 2. The van der Waals surface area contributed by atoms with Crippen LogP contribution in [0, 0.1) is 0 Å². The first-order valence-electron chi connectivity index (χ1n) is 7.45. The number of nitrogens with zero attached hydrogens (tertiary/aromatic N) is 2. The van der Waals surface area contributed by atoms with Crippen molar-refractivity contribution in [3.63, 3.8) is 0 Å². The van der Waals surface area contributed by atoms with Crippen molar-refractivity contribution in [2.45, 2.75) is 13.5 Å². The van der Waals surface area contributed by atoms with Gasteiger partial charge in [0.15, 0.2) is 0 Å². The molecule has 2 rings (SSSR count). The molecule has 0 unspecified atom stereocenters. The number of aliphatic imine (C=N–C) groups is 1. The third-order valence-corrected chi connectivity index (χ3v) is 4.26. The fourth-order valence-corrected chi connectivity index (χ4v) is 2.84. The Bertz CT molecular complexity index is 839. The summed E-state index contributed by atoms with van der Waals surface area (Å²) in [6.07, 6.45) is 1.68. The van der Waals surface area contributed by atoms with E-state index in [1.54, 1.807) is 18.2 Å². The van der Waals surface area contributed by atoms with Gasteiger partial charge in [0.2, 0.25) is 5.91 Å². The number of carbonyl (C=O) groups excluding carboxylic acids is 2. The summed E-state index contributed by atoms with van der Waals surface area (Å²) < 4.78 is 0. The van der Waals surface area contributed by atoms with Crippen molar-refractivity contribution in [3.05, 3.63) is 64.0 Å². The third kappa shape index (κ3) is 3.80. The lowest BCUT2D eigenvalue weighted by atomic mass is 9.97. The second-order valence-corrected chi connectivity index (χ2v) is 6.09. The number of carbonyl (C=O) groups is 2. The number of halogens is 1. The van der Waals surface area contributed by atoms with E-state index < -0.39 is 5.91 Å². The van der Waals surface area contributed by atoms with Crippen LogP contribution < -0.4 is 11.5 Å². The smallest absolute Gasteiger partial charge is 0.254 e. The van der Waals surface area contributed by atoms with Crippen molar-refractivity contribution < 1.29 is 9.59 Å². The molecule has 0 fully saturated rings. The second-order valence-electron chi connectivity index (χ2n) is 5.68. The highest BCUT2D eigenvalue weighted by atomic mass is 35.5. The average Bonchev–Trinajstić information content (AvgIpc) is 2.89. The van der Waals surface area contributed by atoms with Crippen molar-refractivity contribution in [1.29, 1.82) is 0 Å². The van der Waals surface area contributed by atoms with E-state index in [2.05, 4.69) is 18.3 Å². The molecular formula is C18H19ClN4O2. The molecule has 0 saturated carbocycles. The third-order valence-electron chi connectivity index (χ3n) is 3.96. The molecule has 0 spiro atoms. The molecule has 4 N–H and O–H groups in total. The summed E-state index contributed by atoms with van der Waals surface area (Å²) in [5, 5.41) is 0.272. The first kappa shape index (κ1) is 18.5. The fraction of sp³-hybridized carbons (Fsp3) is 0.167. The van der Waals surface area contributed by atoms with Crippen LogP contribution in [0.2, 0.25) is 0 Å². The van der Waals surface area contributed by atoms with Crippen LogP contribution in [0.3, 0.4) is 0 Å². The molecule has 130 valence electrons. The van der Waals surface area contributed by atoms with E-state index in [1.165, 1.54) is 4.90 Å². The monoisotopic (exact) mass is 358 g/mol. The number of allylic oxidation sites excluding steroid dienone is 3. The van der Waals surface area contributed by atoms with Crippen LogP contribution in [0.1, 0.15) is 28.4 Å². The number of hydrogen-bond acceptors (Lipinski definition) is 4. The van der Waals surface area contributed by atoms with Crippen molar-refractivity contribution in [1.82, 2.24) is 4.90 Å². The molecule has 1 aliphatic rings. The number of rotatable bonds is 6. The normalized spacial score (nSPS) is 14.9. The van der Waals surface area contributed by atoms with Gasteiger partial charge in [-0.05, 0) is 42.5 Å². The van der Waals surface area contributed by atoms with E-state index in [4.69, 9.17) is 23.1 Å². The molecule has 1 heterocycles. The highest BCUT2D eigenvalue weighted by molar-refractivity contribution is 6.32. The summed E-state index contributed by atoms with van der Waals surface area (Å²) in [5.74, 6) is -0.658. The molecule has 0 bridgehead atoms. The minimum atomic E-state index is -0.621. The second kappa shape index (κ2) is 7.36. The molecule has 0 aromatic heterocycles. The van der Waals surface area contributed by atoms with Gasteiger partial charge in [-0.15, -0.1) is 0 Å². The standard InChI is InChI=1S/C18H19ClN4O2/c1-10(7-15(19)16(20)22-3)12-5-4-6-13-14(12)9-23(18(13)25)8-11(2)17(21)24/h4-7H,2-3,8-9,20H2,1H3,(H2,21,24)/b10-7+,16-15+. The van der Waals surface area contributed by atoms with Crippen LogP contribution in [0.4, 0.5) is 0 Å². The number of fused-ring (bicyclic) bond motifs is 1. The molecular weight excluding hydrogens is 340 g/mol. The minimum Gasteiger partial charge on any atom is -0.382 e. The van der Waals surface area contributed by atoms with E-state index in [0.29, 0.717) is 12.1 Å². The van der Waals surface area contributed by atoms with Gasteiger partial charge in [-0.2, -0.15) is 0 Å². The molecule has 0 aliphatic carbocycles. The molecule has 7 heteroatoms. The average molecular weight is 359 g/mol. The summed E-state index contributed by atoms with van der Waals surface area (Å²) in [6.45, 7) is 9.27. The topological polar surface area (TPSA) is 102 Å². The number of benzene rings is 1. The molecule has 2 amide bonds.